The SMILES string of the molecule is COc1ccc2c(c1)CC[C@@H]1[C@@H]2CC[C@]2(C)C(=O)CC(CO)[C@@H]12. The summed E-state index contributed by atoms with van der Waals surface area (Å²) < 4.78 is 5.37. The molecule has 1 aromatic rings. The molecular formula is C20H26O3. The number of hydrogen-bond donors (Lipinski definition) is 1. The van der Waals surface area contributed by atoms with Gasteiger partial charge < -0.3 is 9.84 Å². The summed E-state index contributed by atoms with van der Waals surface area (Å²) >= 11 is 0. The van der Waals surface area contributed by atoms with Crippen LogP contribution in [0.2, 0.25) is 0 Å². The van der Waals surface area contributed by atoms with E-state index < -0.39 is 0 Å². The van der Waals surface area contributed by atoms with E-state index in [9.17, 15) is 9.90 Å². The number of fused-ring (bicyclic) bond motifs is 5. The van der Waals surface area contributed by atoms with Gasteiger partial charge >= 0.3 is 0 Å². The van der Waals surface area contributed by atoms with E-state index >= 15 is 0 Å². The second kappa shape index (κ2) is 5.34. The molecule has 5 atom stereocenters. The minimum absolute atomic E-state index is 0.157. The zero-order valence-corrected chi connectivity index (χ0v) is 14.0. The molecule has 4 rings (SSSR count). The zero-order chi connectivity index (χ0) is 16.2. The second-order valence-electron chi connectivity index (χ2n) is 7.93. The maximum absolute atomic E-state index is 12.6. The van der Waals surface area contributed by atoms with E-state index in [1.807, 2.05) is 0 Å². The molecule has 1 unspecified atom stereocenters. The fourth-order valence-corrected chi connectivity index (χ4v) is 5.91. The third-order valence-corrected chi connectivity index (χ3v) is 7.01. The first kappa shape index (κ1) is 15.2. The number of benzene rings is 1. The first-order valence-corrected chi connectivity index (χ1v) is 8.89. The summed E-state index contributed by atoms with van der Waals surface area (Å²) in [4.78, 5) is 12.6. The van der Waals surface area contributed by atoms with Gasteiger partial charge in [0.25, 0.3) is 0 Å². The lowest BCUT2D eigenvalue weighted by Crippen LogP contribution is -2.44. The highest BCUT2D eigenvalue weighted by Gasteiger charge is 2.58. The van der Waals surface area contributed by atoms with Crippen molar-refractivity contribution in [3.05, 3.63) is 29.3 Å². The van der Waals surface area contributed by atoms with Gasteiger partial charge in [0.2, 0.25) is 0 Å². The lowest BCUT2D eigenvalue weighted by molar-refractivity contribution is -0.129. The number of methoxy groups -OCH3 is 1. The van der Waals surface area contributed by atoms with Gasteiger partial charge in [-0.25, -0.2) is 0 Å². The van der Waals surface area contributed by atoms with E-state index in [4.69, 9.17) is 4.74 Å². The van der Waals surface area contributed by atoms with Crippen LogP contribution in [0.3, 0.4) is 0 Å². The Morgan fingerprint density at radius 3 is 2.91 bits per heavy atom. The molecule has 0 radical (unpaired) electrons. The molecular weight excluding hydrogens is 288 g/mol. The first-order chi connectivity index (χ1) is 11.1. The molecule has 1 aromatic carbocycles. The molecule has 0 bridgehead atoms. The van der Waals surface area contributed by atoms with E-state index in [0.717, 1.165) is 31.4 Å². The number of ether oxygens (including phenoxy) is 1. The van der Waals surface area contributed by atoms with E-state index in [-0.39, 0.29) is 17.9 Å². The van der Waals surface area contributed by atoms with Crippen molar-refractivity contribution in [1.82, 2.24) is 0 Å². The number of aryl methyl sites for hydroxylation is 1. The van der Waals surface area contributed by atoms with Crippen LogP contribution < -0.4 is 4.74 Å². The molecule has 3 nitrogen and oxygen atoms in total. The molecule has 3 aliphatic carbocycles. The fourth-order valence-electron chi connectivity index (χ4n) is 5.91. The third-order valence-electron chi connectivity index (χ3n) is 7.01. The van der Waals surface area contributed by atoms with Crippen molar-refractivity contribution in [2.75, 3.05) is 13.7 Å². The van der Waals surface area contributed by atoms with Crippen molar-refractivity contribution in [2.24, 2.45) is 23.2 Å². The quantitative estimate of drug-likeness (QED) is 0.910. The van der Waals surface area contributed by atoms with Gasteiger partial charge in [0.1, 0.15) is 11.5 Å². The molecule has 0 heterocycles. The lowest BCUT2D eigenvalue weighted by atomic mass is 9.54. The molecule has 124 valence electrons. The Bertz CT molecular complexity index is 638. The van der Waals surface area contributed by atoms with Gasteiger partial charge in [-0.1, -0.05) is 13.0 Å². The number of Topliss-reactive ketones (excluding diaryl/α,β-unsaturated/α-hetero) is 1. The summed E-state index contributed by atoms with van der Waals surface area (Å²) in [6.07, 6.45) is 4.85. The maximum Gasteiger partial charge on any atom is 0.139 e. The highest BCUT2D eigenvalue weighted by molar-refractivity contribution is 5.87. The van der Waals surface area contributed by atoms with Gasteiger partial charge in [0, 0.05) is 18.4 Å². The van der Waals surface area contributed by atoms with Gasteiger partial charge in [0.15, 0.2) is 0 Å². The van der Waals surface area contributed by atoms with Crippen molar-refractivity contribution in [3.8, 4) is 5.75 Å². The van der Waals surface area contributed by atoms with Crippen molar-refractivity contribution in [1.29, 1.82) is 0 Å². The van der Waals surface area contributed by atoms with Crippen LogP contribution in [-0.4, -0.2) is 24.6 Å². The molecule has 0 spiro atoms. The Labute approximate surface area is 138 Å². The zero-order valence-electron chi connectivity index (χ0n) is 14.0. The predicted molar refractivity (Wildman–Crippen MR) is 88.6 cm³/mol. The molecule has 3 heteroatoms. The van der Waals surface area contributed by atoms with Gasteiger partial charge in [0.05, 0.1) is 7.11 Å². The third kappa shape index (κ3) is 2.09. The topological polar surface area (TPSA) is 46.5 Å². The maximum atomic E-state index is 12.6. The minimum atomic E-state index is -0.196. The Morgan fingerprint density at radius 2 is 2.17 bits per heavy atom. The Hall–Kier alpha value is -1.35. The van der Waals surface area contributed by atoms with Crippen LogP contribution in [0.5, 0.6) is 5.75 Å². The van der Waals surface area contributed by atoms with Crippen LogP contribution in [0.25, 0.3) is 0 Å². The van der Waals surface area contributed by atoms with Gasteiger partial charge in [-0.15, -0.1) is 0 Å². The number of aliphatic hydroxyl groups excluding tert-OH is 1. The van der Waals surface area contributed by atoms with E-state index in [0.29, 0.717) is 30.0 Å². The molecule has 1 N–H and O–H groups in total. The average Bonchev–Trinajstić information content (AvgIpc) is 2.85. The van der Waals surface area contributed by atoms with Crippen LogP contribution >= 0.6 is 0 Å². The summed E-state index contributed by atoms with van der Waals surface area (Å²) in [7, 11) is 1.72. The largest absolute Gasteiger partial charge is 0.497 e. The van der Waals surface area contributed by atoms with Gasteiger partial charge in [-0.05, 0) is 72.6 Å². The summed E-state index contributed by atoms with van der Waals surface area (Å²) in [6, 6.07) is 6.49. The summed E-state index contributed by atoms with van der Waals surface area (Å²) in [5.74, 6) is 2.93. The highest BCUT2D eigenvalue weighted by Crippen LogP contribution is 2.61. The summed E-state index contributed by atoms with van der Waals surface area (Å²) in [6.45, 7) is 2.32. The van der Waals surface area contributed by atoms with Crippen LogP contribution in [0.4, 0.5) is 0 Å². The number of carbonyl (C=O) groups excluding carboxylic acids is 1. The number of aliphatic hydroxyl groups is 1. The van der Waals surface area contributed by atoms with Crippen LogP contribution in [0, 0.1) is 23.2 Å². The average molecular weight is 314 g/mol. The van der Waals surface area contributed by atoms with Crippen molar-refractivity contribution in [3.63, 3.8) is 0 Å². The molecule has 3 aliphatic rings. The van der Waals surface area contributed by atoms with Crippen molar-refractivity contribution in [2.45, 2.75) is 44.9 Å². The lowest BCUT2D eigenvalue weighted by Gasteiger charge is -2.49. The van der Waals surface area contributed by atoms with Gasteiger partial charge in [-0.3, -0.25) is 4.79 Å². The smallest absolute Gasteiger partial charge is 0.139 e. The summed E-state index contributed by atoms with van der Waals surface area (Å²) in [5.41, 5.74) is 2.68. The predicted octanol–water partition coefficient (Wildman–Crippen LogP) is 3.34. The summed E-state index contributed by atoms with van der Waals surface area (Å²) in [5, 5.41) is 9.82. The second-order valence-corrected chi connectivity index (χ2v) is 7.93. The van der Waals surface area contributed by atoms with Gasteiger partial charge in [-0.2, -0.15) is 0 Å². The molecule has 0 aromatic heterocycles. The van der Waals surface area contributed by atoms with Crippen molar-refractivity contribution < 1.29 is 14.6 Å². The normalized spacial score (nSPS) is 38.7. The molecule has 0 saturated heterocycles. The Kier molecular flexibility index (Phi) is 3.53. The molecule has 0 amide bonds. The van der Waals surface area contributed by atoms with Crippen molar-refractivity contribution >= 4 is 5.78 Å². The molecule has 23 heavy (non-hydrogen) atoms. The Balaban J connectivity index is 1.72. The molecule has 0 aliphatic heterocycles. The van der Waals surface area contributed by atoms with Crippen LogP contribution in [-0.2, 0) is 11.2 Å². The standard InChI is InChI=1S/C20H26O3/c1-20-8-7-16-15-6-4-14(23-2)9-12(15)3-5-17(16)19(20)13(11-21)10-18(20)22/h4,6,9,13,16-17,19,21H,3,5,7-8,10-11H2,1-2H3/t13?,16-,17-,19+,20-/m1/s1. The highest BCUT2D eigenvalue weighted by atomic mass is 16.5. The van der Waals surface area contributed by atoms with Crippen LogP contribution in [0.1, 0.15) is 49.7 Å². The van der Waals surface area contributed by atoms with E-state index in [2.05, 4.69) is 25.1 Å². The van der Waals surface area contributed by atoms with E-state index in [1.165, 1.54) is 11.1 Å². The number of hydrogen-bond acceptors (Lipinski definition) is 3. The van der Waals surface area contributed by atoms with Crippen LogP contribution in [0.15, 0.2) is 18.2 Å². The fraction of sp³-hybridized carbons (Fsp3) is 0.650. The monoisotopic (exact) mass is 314 g/mol. The number of ketones is 1. The molecule has 2 fully saturated rings. The Morgan fingerprint density at radius 1 is 1.35 bits per heavy atom. The molecule has 2 saturated carbocycles. The number of rotatable bonds is 2. The first-order valence-electron chi connectivity index (χ1n) is 8.89. The minimum Gasteiger partial charge on any atom is -0.497 e. The number of carbonyl (C=O) groups is 1. The van der Waals surface area contributed by atoms with E-state index in [1.54, 1.807) is 7.11 Å².